The highest BCUT2D eigenvalue weighted by atomic mass is 15.2. The first-order chi connectivity index (χ1) is 9.13. The summed E-state index contributed by atoms with van der Waals surface area (Å²) in [5.41, 5.74) is 4.27. The maximum atomic E-state index is 3.59. The van der Waals surface area contributed by atoms with Gasteiger partial charge >= 0.3 is 0 Å². The fourth-order valence-electron chi connectivity index (χ4n) is 3.46. The van der Waals surface area contributed by atoms with Crippen LogP contribution in [0.2, 0.25) is 0 Å². The van der Waals surface area contributed by atoms with Crippen molar-refractivity contribution in [3.63, 3.8) is 0 Å². The molecule has 0 aliphatic carbocycles. The topological polar surface area (TPSA) is 15.3 Å². The number of nitrogens with one attached hydrogen (secondary N) is 1. The number of hydrogen-bond donors (Lipinski definition) is 1. The molecule has 0 spiro atoms. The first-order valence-electron chi connectivity index (χ1n) is 7.79. The lowest BCUT2D eigenvalue weighted by Crippen LogP contribution is -2.41. The second kappa shape index (κ2) is 5.07. The minimum atomic E-state index is 0.618. The van der Waals surface area contributed by atoms with Gasteiger partial charge in [0.1, 0.15) is 0 Å². The lowest BCUT2D eigenvalue weighted by Gasteiger charge is -2.39. The van der Waals surface area contributed by atoms with Crippen LogP contribution in [0.25, 0.3) is 0 Å². The molecule has 2 nitrogen and oxygen atoms in total. The third-order valence-electron chi connectivity index (χ3n) is 4.79. The molecule has 2 heterocycles. The van der Waals surface area contributed by atoms with Crippen LogP contribution < -0.4 is 10.2 Å². The van der Waals surface area contributed by atoms with Crippen molar-refractivity contribution in [1.82, 2.24) is 0 Å². The molecule has 3 rings (SSSR count). The van der Waals surface area contributed by atoms with Crippen LogP contribution in [0.3, 0.4) is 0 Å². The van der Waals surface area contributed by atoms with E-state index in [9.17, 15) is 0 Å². The standard InChI is InChI=1S/C17H26N2/c1-12-4-6-14(3)19(11-12)16-8-9-17-15(10-16)7-5-13(2)18-17/h8-10,12-14,18H,4-7,11H2,1-3H3. The number of benzene rings is 1. The molecule has 2 heteroatoms. The predicted molar refractivity (Wildman–Crippen MR) is 83.1 cm³/mol. The van der Waals surface area contributed by atoms with E-state index in [0.29, 0.717) is 12.1 Å². The number of hydrogen-bond acceptors (Lipinski definition) is 2. The molecular weight excluding hydrogens is 232 g/mol. The molecule has 3 unspecified atom stereocenters. The molecule has 1 aromatic carbocycles. The van der Waals surface area contributed by atoms with Gasteiger partial charge in [-0.1, -0.05) is 6.92 Å². The summed E-state index contributed by atoms with van der Waals surface area (Å²) in [5, 5.41) is 3.59. The predicted octanol–water partition coefficient (Wildman–Crippen LogP) is 4.06. The van der Waals surface area contributed by atoms with Gasteiger partial charge in [0.15, 0.2) is 0 Å². The van der Waals surface area contributed by atoms with Crippen molar-refractivity contribution in [3.8, 4) is 0 Å². The molecule has 2 aliphatic rings. The van der Waals surface area contributed by atoms with E-state index in [1.54, 1.807) is 0 Å². The summed E-state index contributed by atoms with van der Waals surface area (Å²) in [5.74, 6) is 0.824. The van der Waals surface area contributed by atoms with Crippen LogP contribution in [0, 0.1) is 5.92 Å². The number of rotatable bonds is 1. The van der Waals surface area contributed by atoms with Gasteiger partial charge in [-0.2, -0.15) is 0 Å². The molecule has 0 aromatic heterocycles. The Balaban J connectivity index is 1.85. The number of fused-ring (bicyclic) bond motifs is 1. The summed E-state index contributed by atoms with van der Waals surface area (Å²) in [7, 11) is 0. The lowest BCUT2D eigenvalue weighted by molar-refractivity contribution is 0.390. The summed E-state index contributed by atoms with van der Waals surface area (Å²) >= 11 is 0. The van der Waals surface area contributed by atoms with Crippen LogP contribution in [-0.2, 0) is 6.42 Å². The molecule has 1 fully saturated rings. The average molecular weight is 258 g/mol. The van der Waals surface area contributed by atoms with Crippen molar-refractivity contribution in [2.24, 2.45) is 5.92 Å². The molecule has 2 aliphatic heterocycles. The van der Waals surface area contributed by atoms with Crippen molar-refractivity contribution < 1.29 is 0 Å². The van der Waals surface area contributed by atoms with Crippen molar-refractivity contribution >= 4 is 11.4 Å². The van der Waals surface area contributed by atoms with Gasteiger partial charge in [0.05, 0.1) is 0 Å². The van der Waals surface area contributed by atoms with Gasteiger partial charge in [0.25, 0.3) is 0 Å². The Hall–Kier alpha value is -1.18. The van der Waals surface area contributed by atoms with E-state index in [1.165, 1.54) is 49.2 Å². The molecule has 0 amide bonds. The maximum absolute atomic E-state index is 3.59. The van der Waals surface area contributed by atoms with Crippen LogP contribution in [0.4, 0.5) is 11.4 Å². The zero-order valence-corrected chi connectivity index (χ0v) is 12.4. The van der Waals surface area contributed by atoms with Crippen LogP contribution in [0.15, 0.2) is 18.2 Å². The SMILES string of the molecule is CC1CCC(C)N(c2ccc3c(c2)CCC(C)N3)C1. The molecule has 3 atom stereocenters. The highest BCUT2D eigenvalue weighted by Gasteiger charge is 2.24. The minimum absolute atomic E-state index is 0.618. The maximum Gasteiger partial charge on any atom is 0.0376 e. The van der Waals surface area contributed by atoms with Gasteiger partial charge in [-0.05, 0) is 69.2 Å². The average Bonchev–Trinajstić information content (AvgIpc) is 2.41. The zero-order valence-electron chi connectivity index (χ0n) is 12.4. The molecule has 1 aromatic rings. The van der Waals surface area contributed by atoms with Crippen molar-refractivity contribution in [1.29, 1.82) is 0 Å². The summed E-state index contributed by atoms with van der Waals surface area (Å²) in [6.07, 6.45) is 5.17. The molecule has 1 N–H and O–H groups in total. The van der Waals surface area contributed by atoms with E-state index in [4.69, 9.17) is 0 Å². The monoisotopic (exact) mass is 258 g/mol. The lowest BCUT2D eigenvalue weighted by atomic mass is 9.93. The molecule has 104 valence electrons. The summed E-state index contributed by atoms with van der Waals surface area (Å²) in [6.45, 7) is 8.22. The first-order valence-corrected chi connectivity index (χ1v) is 7.79. The van der Waals surface area contributed by atoms with Gasteiger partial charge in [-0.15, -0.1) is 0 Å². The quantitative estimate of drug-likeness (QED) is 0.817. The Morgan fingerprint density at radius 1 is 1.11 bits per heavy atom. The molecule has 1 saturated heterocycles. The van der Waals surface area contributed by atoms with E-state index in [0.717, 1.165) is 5.92 Å². The number of aryl methyl sites for hydroxylation is 1. The number of piperidine rings is 1. The Labute approximate surface area is 117 Å². The van der Waals surface area contributed by atoms with Gasteiger partial charge in [0.2, 0.25) is 0 Å². The second-order valence-corrected chi connectivity index (χ2v) is 6.61. The van der Waals surface area contributed by atoms with Crippen molar-refractivity contribution in [2.45, 2.75) is 58.5 Å². The summed E-state index contributed by atoms with van der Waals surface area (Å²) in [4.78, 5) is 2.60. The zero-order chi connectivity index (χ0) is 13.4. The normalized spacial score (nSPS) is 30.7. The van der Waals surface area contributed by atoms with E-state index in [1.807, 2.05) is 0 Å². The van der Waals surface area contributed by atoms with Crippen LogP contribution in [0.5, 0.6) is 0 Å². The van der Waals surface area contributed by atoms with Gasteiger partial charge in [-0.25, -0.2) is 0 Å². The van der Waals surface area contributed by atoms with Crippen molar-refractivity contribution in [3.05, 3.63) is 23.8 Å². The minimum Gasteiger partial charge on any atom is -0.382 e. The van der Waals surface area contributed by atoms with E-state index in [2.05, 4.69) is 49.2 Å². The smallest absolute Gasteiger partial charge is 0.0376 e. The third-order valence-corrected chi connectivity index (χ3v) is 4.79. The fraction of sp³-hybridized carbons (Fsp3) is 0.647. The summed E-state index contributed by atoms with van der Waals surface area (Å²) in [6, 6.07) is 8.31. The highest BCUT2D eigenvalue weighted by molar-refractivity contribution is 5.62. The van der Waals surface area contributed by atoms with Gasteiger partial charge in [-0.3, -0.25) is 0 Å². The summed E-state index contributed by atoms with van der Waals surface area (Å²) < 4.78 is 0. The largest absolute Gasteiger partial charge is 0.382 e. The molecule has 0 bridgehead atoms. The fourth-order valence-corrected chi connectivity index (χ4v) is 3.46. The van der Waals surface area contributed by atoms with Crippen LogP contribution in [-0.4, -0.2) is 18.6 Å². The van der Waals surface area contributed by atoms with Gasteiger partial charge in [0, 0.05) is 30.0 Å². The Morgan fingerprint density at radius 2 is 1.95 bits per heavy atom. The highest BCUT2D eigenvalue weighted by Crippen LogP contribution is 2.32. The number of anilines is 2. The van der Waals surface area contributed by atoms with Crippen LogP contribution >= 0.6 is 0 Å². The Kier molecular flexibility index (Phi) is 3.42. The van der Waals surface area contributed by atoms with Gasteiger partial charge < -0.3 is 10.2 Å². The number of nitrogens with zero attached hydrogens (tertiary/aromatic N) is 1. The van der Waals surface area contributed by atoms with Crippen molar-refractivity contribution in [2.75, 3.05) is 16.8 Å². The third kappa shape index (κ3) is 2.58. The molecular formula is C17H26N2. The molecule has 0 radical (unpaired) electrons. The molecule has 0 saturated carbocycles. The first kappa shape index (κ1) is 12.8. The van der Waals surface area contributed by atoms with Crippen LogP contribution in [0.1, 0.15) is 45.6 Å². The Bertz CT molecular complexity index is 455. The second-order valence-electron chi connectivity index (χ2n) is 6.61. The van der Waals surface area contributed by atoms with E-state index >= 15 is 0 Å². The van der Waals surface area contributed by atoms with E-state index < -0.39 is 0 Å². The van der Waals surface area contributed by atoms with E-state index in [-0.39, 0.29) is 0 Å². The molecule has 19 heavy (non-hydrogen) atoms. The Morgan fingerprint density at radius 3 is 2.79 bits per heavy atom.